The molecule has 2 heterocycles. The van der Waals surface area contributed by atoms with Gasteiger partial charge in [-0.05, 0) is 78.8 Å². The average molecular weight is 512 g/mol. The topological polar surface area (TPSA) is 40.8 Å². The fourth-order valence-electron chi connectivity index (χ4n) is 7.70. The highest BCUT2D eigenvalue weighted by Gasteiger charge is 2.34. The smallest absolute Gasteiger partial charge is 0.216 e. The van der Waals surface area contributed by atoms with Crippen molar-refractivity contribution in [2.45, 2.75) is 57.8 Å². The Morgan fingerprint density at radius 1 is 0.795 bits per heavy atom. The Bertz CT molecular complexity index is 1750. The van der Waals surface area contributed by atoms with Gasteiger partial charge < -0.3 is 4.42 Å². The first-order valence-corrected chi connectivity index (χ1v) is 14.6. The van der Waals surface area contributed by atoms with Gasteiger partial charge >= 0.3 is 0 Å². The minimum atomic E-state index is 0.535. The van der Waals surface area contributed by atoms with E-state index in [1.807, 2.05) is 12.1 Å². The van der Waals surface area contributed by atoms with Crippen LogP contribution in [-0.4, -0.2) is 0 Å². The van der Waals surface area contributed by atoms with Crippen molar-refractivity contribution < 1.29 is 8.98 Å². The van der Waals surface area contributed by atoms with Gasteiger partial charge in [0.2, 0.25) is 5.69 Å². The molecule has 3 aromatic carbocycles. The molecule has 2 fully saturated rings. The lowest BCUT2D eigenvalue weighted by Gasteiger charge is -2.40. The minimum Gasteiger partial charge on any atom is -0.454 e. The molecule has 2 saturated carbocycles. The molecule has 194 valence electrons. The number of hydrogen-bond acceptors (Lipinski definition) is 2. The number of fused-ring (bicyclic) bond motifs is 4. The predicted molar refractivity (Wildman–Crippen MR) is 157 cm³/mol. The molecule has 0 radical (unpaired) electrons. The lowest BCUT2D eigenvalue weighted by atomic mass is 9.65. The second-order valence-electron chi connectivity index (χ2n) is 11.8. The fraction of sp³-hybridized carbons (Fsp3) is 0.333. The van der Waals surface area contributed by atoms with Crippen LogP contribution in [0.3, 0.4) is 0 Å². The van der Waals surface area contributed by atoms with Gasteiger partial charge in [0, 0.05) is 28.5 Å². The molecule has 3 atom stereocenters. The Hall–Kier alpha value is -3.90. The molecule has 0 amide bonds. The number of rotatable bonds is 3. The highest BCUT2D eigenvalue weighted by molar-refractivity contribution is 6.14. The van der Waals surface area contributed by atoms with Gasteiger partial charge in [-0.3, -0.25) is 0 Å². The van der Waals surface area contributed by atoms with Gasteiger partial charge in [-0.25, -0.2) is 4.57 Å². The highest BCUT2D eigenvalue weighted by atomic mass is 16.3. The number of nitrogens with zero attached hydrogens (tertiary/aromatic N) is 2. The van der Waals surface area contributed by atoms with E-state index in [-0.39, 0.29) is 0 Å². The Kier molecular flexibility index (Phi) is 6.00. The summed E-state index contributed by atoms with van der Waals surface area (Å²) < 4.78 is 9.01. The van der Waals surface area contributed by atoms with Crippen LogP contribution < -0.4 is 4.57 Å². The number of nitriles is 1. The van der Waals surface area contributed by atoms with Crippen LogP contribution in [0.15, 0.2) is 77.3 Å². The molecule has 3 unspecified atom stereocenters. The highest BCUT2D eigenvalue weighted by Crippen LogP contribution is 2.49. The summed E-state index contributed by atoms with van der Waals surface area (Å²) in [6.07, 6.45) is 11.5. The summed E-state index contributed by atoms with van der Waals surface area (Å²) in [6, 6.07) is 26.0. The van der Waals surface area contributed by atoms with E-state index in [1.54, 1.807) is 0 Å². The van der Waals surface area contributed by atoms with Crippen molar-refractivity contribution >= 4 is 21.9 Å². The van der Waals surface area contributed by atoms with E-state index in [2.05, 4.69) is 85.4 Å². The Balaban J connectivity index is 1.44. The molecule has 0 N–H and O–H groups in total. The van der Waals surface area contributed by atoms with Crippen LogP contribution in [0.25, 0.3) is 44.3 Å². The summed E-state index contributed by atoms with van der Waals surface area (Å²) >= 11 is 0. The van der Waals surface area contributed by atoms with E-state index < -0.39 is 0 Å². The number of furan rings is 1. The third kappa shape index (κ3) is 3.97. The molecule has 0 spiro atoms. The van der Waals surface area contributed by atoms with Crippen LogP contribution in [0, 0.1) is 30.1 Å². The van der Waals surface area contributed by atoms with Crippen LogP contribution in [0.5, 0.6) is 0 Å². The van der Waals surface area contributed by atoms with Gasteiger partial charge in [-0.2, -0.15) is 5.26 Å². The third-order valence-corrected chi connectivity index (χ3v) is 9.66. The summed E-state index contributed by atoms with van der Waals surface area (Å²) in [5.41, 5.74) is 9.31. The quantitative estimate of drug-likeness (QED) is 0.227. The molecule has 2 aliphatic carbocycles. The molecule has 39 heavy (non-hydrogen) atoms. The number of aryl methyl sites for hydroxylation is 2. The molecule has 0 saturated heterocycles. The molecular formula is C36H35N2O+. The summed E-state index contributed by atoms with van der Waals surface area (Å²) in [5, 5.41) is 12.5. The second kappa shape index (κ2) is 9.69. The third-order valence-electron chi connectivity index (χ3n) is 9.66. The molecule has 3 heteroatoms. The van der Waals surface area contributed by atoms with E-state index in [0.717, 1.165) is 50.6 Å². The summed E-state index contributed by atoms with van der Waals surface area (Å²) in [7, 11) is 2.08. The van der Waals surface area contributed by atoms with Crippen LogP contribution in [-0.2, 0) is 7.05 Å². The summed E-state index contributed by atoms with van der Waals surface area (Å²) in [6.45, 7) is 2.15. The molecular weight excluding hydrogens is 476 g/mol. The lowest BCUT2D eigenvalue weighted by molar-refractivity contribution is -0.660. The Labute approximate surface area is 230 Å². The van der Waals surface area contributed by atoms with Crippen molar-refractivity contribution in [3.8, 4) is 28.5 Å². The molecule has 0 bridgehead atoms. The van der Waals surface area contributed by atoms with Crippen molar-refractivity contribution in [3.05, 3.63) is 89.6 Å². The van der Waals surface area contributed by atoms with Crippen molar-refractivity contribution in [2.75, 3.05) is 0 Å². The SMILES string of the molecule is Cc1ccc2c(oc3c(-c4ccccc4C4CCC5CCCCC5C4)c(C#N)ccc32)c1-c1cccc[n+]1C. The first kappa shape index (κ1) is 24.2. The van der Waals surface area contributed by atoms with Gasteiger partial charge in [0.25, 0.3) is 0 Å². The normalized spacial score (nSPS) is 21.1. The van der Waals surface area contributed by atoms with Crippen molar-refractivity contribution in [3.63, 3.8) is 0 Å². The largest absolute Gasteiger partial charge is 0.454 e. The van der Waals surface area contributed by atoms with Gasteiger partial charge in [0.05, 0.1) is 17.2 Å². The Morgan fingerprint density at radius 3 is 2.36 bits per heavy atom. The first-order chi connectivity index (χ1) is 19.1. The first-order valence-electron chi connectivity index (χ1n) is 14.6. The van der Waals surface area contributed by atoms with Crippen LogP contribution >= 0.6 is 0 Å². The maximum absolute atomic E-state index is 10.3. The summed E-state index contributed by atoms with van der Waals surface area (Å²) in [5.74, 6) is 2.30. The van der Waals surface area contributed by atoms with Crippen LogP contribution in [0.1, 0.15) is 67.6 Å². The number of hydrogen-bond donors (Lipinski definition) is 0. The molecule has 5 aromatic rings. The maximum atomic E-state index is 10.3. The zero-order valence-corrected chi connectivity index (χ0v) is 22.9. The monoisotopic (exact) mass is 511 g/mol. The van der Waals surface area contributed by atoms with Crippen molar-refractivity contribution in [1.29, 1.82) is 5.26 Å². The summed E-state index contributed by atoms with van der Waals surface area (Å²) in [4.78, 5) is 0. The van der Waals surface area contributed by atoms with Crippen molar-refractivity contribution in [2.24, 2.45) is 18.9 Å². The number of benzene rings is 3. The van der Waals surface area contributed by atoms with E-state index >= 15 is 0 Å². The predicted octanol–water partition coefficient (Wildman–Crippen LogP) is 9.00. The van der Waals surface area contributed by atoms with E-state index in [4.69, 9.17) is 4.42 Å². The Morgan fingerprint density at radius 2 is 1.54 bits per heavy atom. The average Bonchev–Trinajstić information content (AvgIpc) is 3.35. The zero-order valence-electron chi connectivity index (χ0n) is 22.9. The maximum Gasteiger partial charge on any atom is 0.216 e. The number of aromatic nitrogens is 1. The lowest BCUT2D eigenvalue weighted by Crippen LogP contribution is -2.30. The minimum absolute atomic E-state index is 0.535. The van der Waals surface area contributed by atoms with E-state index in [1.165, 1.54) is 61.6 Å². The number of pyridine rings is 1. The van der Waals surface area contributed by atoms with Crippen LogP contribution in [0.4, 0.5) is 0 Å². The van der Waals surface area contributed by atoms with Gasteiger partial charge in [0.15, 0.2) is 6.20 Å². The van der Waals surface area contributed by atoms with Gasteiger partial charge in [-0.1, -0.05) is 62.1 Å². The standard InChI is InChI=1S/C36H35N2O/c1-23-14-18-30-31-19-17-27(22-37)34(36(31)39-35(30)33(23)32-13-7-8-20-38(32)2)29-12-6-5-11-28(29)26-16-15-24-9-3-4-10-25(24)21-26/h5-8,11-14,17-20,24-26H,3-4,9-10,15-16,21H2,1-2H3/q+1. The fourth-order valence-corrected chi connectivity index (χ4v) is 7.70. The van der Waals surface area contributed by atoms with Crippen molar-refractivity contribution in [1.82, 2.24) is 0 Å². The molecule has 7 rings (SSSR count). The zero-order chi connectivity index (χ0) is 26.5. The molecule has 3 nitrogen and oxygen atoms in total. The van der Waals surface area contributed by atoms with E-state index in [9.17, 15) is 5.26 Å². The van der Waals surface area contributed by atoms with E-state index in [0.29, 0.717) is 11.5 Å². The molecule has 2 aromatic heterocycles. The second-order valence-corrected chi connectivity index (χ2v) is 11.8. The molecule has 2 aliphatic rings. The van der Waals surface area contributed by atoms with Gasteiger partial charge in [0.1, 0.15) is 18.2 Å². The van der Waals surface area contributed by atoms with Gasteiger partial charge in [-0.15, -0.1) is 0 Å². The molecule has 0 aliphatic heterocycles. The van der Waals surface area contributed by atoms with Crippen LogP contribution in [0.2, 0.25) is 0 Å².